The minimum atomic E-state index is -0.0965. The van der Waals surface area contributed by atoms with Crippen molar-refractivity contribution in [3.8, 4) is 78.4 Å². The molecule has 5 nitrogen and oxygen atoms in total. The summed E-state index contributed by atoms with van der Waals surface area (Å²) in [6.45, 7) is 4.71. The normalized spacial score (nSPS) is 12.5. The fourth-order valence-corrected chi connectivity index (χ4v) is 20.1. The Balaban J connectivity index is 0.000000143. The summed E-state index contributed by atoms with van der Waals surface area (Å²) in [5.41, 5.74) is 36.3. The molecule has 4 heterocycles. The number of fused-ring (bicyclic) bond motifs is 17. The Morgan fingerprint density at radius 3 is 0.951 bits per heavy atom. The highest BCUT2D eigenvalue weighted by molar-refractivity contribution is 6.30. The lowest BCUT2D eigenvalue weighted by Crippen LogP contribution is -2.16. The van der Waals surface area contributed by atoms with E-state index in [-0.39, 0.29) is 11.3 Å². The van der Waals surface area contributed by atoms with E-state index in [2.05, 4.69) is 498 Å². The number of aromatic nitrogens is 4. The van der Waals surface area contributed by atoms with Crippen molar-refractivity contribution in [1.29, 1.82) is 0 Å². The Morgan fingerprint density at radius 1 is 0.203 bits per heavy atom. The van der Waals surface area contributed by atoms with Crippen molar-refractivity contribution in [3.63, 3.8) is 0 Å². The second-order valence-corrected chi connectivity index (χ2v) is 33.0. The molecule has 0 fully saturated rings. The number of rotatable bonds is 14. The smallest absolute Gasteiger partial charge is 0.0795 e. The van der Waals surface area contributed by atoms with Crippen LogP contribution in [0.25, 0.3) is 166 Å². The predicted octanol–water partition coefficient (Wildman–Crippen LogP) is 31.4. The van der Waals surface area contributed by atoms with Gasteiger partial charge < -0.3 is 23.2 Å². The number of anilines is 3. The molecule has 1 atom stereocenters. The van der Waals surface area contributed by atoms with Gasteiger partial charge in [-0.05, 0) is 205 Å². The van der Waals surface area contributed by atoms with E-state index in [4.69, 9.17) is 0 Å². The SMILES string of the molecule is CC1(C)c2ccccc2-c2ccc(N(c3ccccc3)c3ccc(-c4cc5c6ccccc6n(-c6ccccc6)c5c5c4c4ccccc4n5-c4ccccc4)cc3)cc21.c1ccc(-c2ccc(-c3ccc(C(c4ccccc4)c4ccc(-c5cc6c7ccccc7n(-c7ccccc7)c6c6c5c5ccccc5n6-c5ccccc5)cc4)cc3)cc2)cc1. The Kier molecular flexibility index (Phi) is 17.6. The van der Waals surface area contributed by atoms with Crippen LogP contribution in [0.5, 0.6) is 0 Å². The van der Waals surface area contributed by atoms with Crippen LogP contribution in [0.4, 0.5) is 17.1 Å². The van der Waals surface area contributed by atoms with Gasteiger partial charge in [0.25, 0.3) is 0 Å². The maximum absolute atomic E-state index is 2.48. The van der Waals surface area contributed by atoms with E-state index < -0.39 is 0 Å². The fraction of sp³-hybridized carbons (Fsp3) is 0.0339. The first-order chi connectivity index (χ1) is 60.8. The van der Waals surface area contributed by atoms with Gasteiger partial charge >= 0.3 is 0 Å². The molecule has 0 saturated heterocycles. The number of hydrogen-bond donors (Lipinski definition) is 0. The van der Waals surface area contributed by atoms with Crippen molar-refractivity contribution in [2.75, 3.05) is 4.90 Å². The second-order valence-electron chi connectivity index (χ2n) is 33.0. The third-order valence-corrected chi connectivity index (χ3v) is 25.7. The Bertz CT molecular complexity index is 7930. The van der Waals surface area contributed by atoms with E-state index in [0.717, 1.165) is 39.8 Å². The number of nitrogens with zero attached hydrogens (tertiary/aromatic N) is 5. The van der Waals surface area contributed by atoms with Crippen molar-refractivity contribution >= 4 is 104 Å². The minimum Gasteiger partial charge on any atom is -0.310 e. The summed E-state index contributed by atoms with van der Waals surface area (Å²) in [6, 6.07) is 169. The molecular weight excluding hydrogens is 1490 g/mol. The summed E-state index contributed by atoms with van der Waals surface area (Å²) in [4.78, 5) is 2.40. The fourth-order valence-electron chi connectivity index (χ4n) is 20.1. The van der Waals surface area contributed by atoms with Gasteiger partial charge in [0.05, 0.1) is 44.1 Å². The van der Waals surface area contributed by atoms with Crippen molar-refractivity contribution in [2.24, 2.45) is 0 Å². The first-order valence-electron chi connectivity index (χ1n) is 42.7. The van der Waals surface area contributed by atoms with Gasteiger partial charge in [0.1, 0.15) is 0 Å². The molecule has 5 heteroatoms. The van der Waals surface area contributed by atoms with Gasteiger partial charge in [-0.2, -0.15) is 0 Å². The molecule has 0 N–H and O–H groups in total. The van der Waals surface area contributed by atoms with Crippen molar-refractivity contribution in [1.82, 2.24) is 18.3 Å². The van der Waals surface area contributed by atoms with E-state index >= 15 is 0 Å². The van der Waals surface area contributed by atoms with Gasteiger partial charge in [-0.1, -0.05) is 354 Å². The van der Waals surface area contributed by atoms with Crippen LogP contribution in [0.15, 0.2) is 461 Å². The summed E-state index contributed by atoms with van der Waals surface area (Å²) in [5, 5.41) is 9.90. The molecule has 580 valence electrons. The number of benzene rings is 19. The standard InChI is InChI=1S/C61H42N2.C57H41N3/c1-5-17-42(18-6-1)43-29-31-44(32-30-43)45-33-37-48(38-34-45)58(47-19-7-2-8-20-47)49-39-35-46(36-40-49)54-41-55-52-25-13-15-27-56(52)62(50-21-9-3-10-22-50)60(55)61-59(54)53-26-14-16-28-57(53)63(61)51-23-11-4-12-24-51;1-57(2)50-27-15-12-24-44(50)45-35-34-43(36-51(45)57)58(39-18-6-3-7-19-39)42-32-30-38(31-33-42)48-37-49-46-25-13-16-28-52(46)59(40-20-8-4-9-21-40)55(49)56-54(48)47-26-14-17-29-53(47)60(56)41-22-10-5-11-23-41/h1-41,58H;3-37H,1-2H3. The van der Waals surface area contributed by atoms with E-state index in [0.29, 0.717) is 0 Å². The summed E-state index contributed by atoms with van der Waals surface area (Å²) in [6.07, 6.45) is 0. The summed E-state index contributed by atoms with van der Waals surface area (Å²) in [7, 11) is 0. The van der Waals surface area contributed by atoms with Crippen LogP contribution in [0.3, 0.4) is 0 Å². The lowest BCUT2D eigenvalue weighted by Gasteiger charge is -2.28. The molecule has 19 aromatic carbocycles. The molecule has 0 radical (unpaired) electrons. The van der Waals surface area contributed by atoms with Gasteiger partial charge in [0, 0.05) is 94.2 Å². The zero-order valence-electron chi connectivity index (χ0n) is 68.2. The van der Waals surface area contributed by atoms with E-state index in [9.17, 15) is 0 Å². The zero-order valence-corrected chi connectivity index (χ0v) is 68.2. The Hall–Kier alpha value is -15.8. The van der Waals surface area contributed by atoms with Crippen LogP contribution in [-0.2, 0) is 5.41 Å². The summed E-state index contributed by atoms with van der Waals surface area (Å²) < 4.78 is 9.89. The maximum atomic E-state index is 2.48. The molecule has 23 aromatic rings. The van der Waals surface area contributed by atoms with Crippen molar-refractivity contribution < 1.29 is 0 Å². The highest BCUT2D eigenvalue weighted by atomic mass is 15.1. The van der Waals surface area contributed by atoms with Crippen LogP contribution in [0.1, 0.15) is 47.6 Å². The average Bonchev–Trinajstić information content (AvgIpc) is 1.54. The van der Waals surface area contributed by atoms with E-state index in [1.54, 1.807) is 0 Å². The largest absolute Gasteiger partial charge is 0.310 e. The second kappa shape index (κ2) is 29.9. The zero-order chi connectivity index (χ0) is 81.6. The topological polar surface area (TPSA) is 23.0 Å². The molecule has 1 aliphatic rings. The van der Waals surface area contributed by atoms with Gasteiger partial charge in [0.2, 0.25) is 0 Å². The highest BCUT2D eigenvalue weighted by Gasteiger charge is 2.36. The first-order valence-corrected chi connectivity index (χ1v) is 42.7. The lowest BCUT2D eigenvalue weighted by molar-refractivity contribution is 0.660. The average molecular weight is 1570 g/mol. The number of hydrogen-bond acceptors (Lipinski definition) is 1. The monoisotopic (exact) mass is 1570 g/mol. The minimum absolute atomic E-state index is 0.0705. The van der Waals surface area contributed by atoms with Crippen LogP contribution in [0, 0.1) is 0 Å². The molecule has 1 aliphatic carbocycles. The van der Waals surface area contributed by atoms with Crippen LogP contribution >= 0.6 is 0 Å². The first kappa shape index (κ1) is 72.4. The molecule has 0 amide bonds. The van der Waals surface area contributed by atoms with Gasteiger partial charge in [-0.15, -0.1) is 0 Å². The Labute approximate surface area is 715 Å². The summed E-state index contributed by atoms with van der Waals surface area (Å²) in [5.74, 6) is 0.0705. The van der Waals surface area contributed by atoms with Gasteiger partial charge in [-0.3, -0.25) is 0 Å². The lowest BCUT2D eigenvalue weighted by atomic mass is 9.82. The molecule has 1 unspecified atom stereocenters. The van der Waals surface area contributed by atoms with Crippen LogP contribution in [0.2, 0.25) is 0 Å². The molecule has 0 bridgehead atoms. The molecule has 0 saturated carbocycles. The number of para-hydroxylation sites is 9. The Morgan fingerprint density at radius 2 is 0.504 bits per heavy atom. The third-order valence-electron chi connectivity index (χ3n) is 25.7. The van der Waals surface area contributed by atoms with E-state index in [1.807, 2.05) is 0 Å². The van der Waals surface area contributed by atoms with Gasteiger partial charge in [0.15, 0.2) is 0 Å². The van der Waals surface area contributed by atoms with E-state index in [1.165, 1.54) is 171 Å². The predicted molar refractivity (Wildman–Crippen MR) is 518 cm³/mol. The molecule has 4 aromatic heterocycles. The molecule has 0 spiro atoms. The van der Waals surface area contributed by atoms with Crippen LogP contribution < -0.4 is 4.90 Å². The highest BCUT2D eigenvalue weighted by Crippen LogP contribution is 2.53. The molecule has 123 heavy (non-hydrogen) atoms. The van der Waals surface area contributed by atoms with Crippen molar-refractivity contribution in [3.05, 3.63) is 489 Å². The quantitative estimate of drug-likeness (QED) is 0.0995. The van der Waals surface area contributed by atoms with Gasteiger partial charge in [-0.25, -0.2) is 0 Å². The van der Waals surface area contributed by atoms with Crippen molar-refractivity contribution in [2.45, 2.75) is 25.2 Å². The molecular formula is C118H83N5. The maximum Gasteiger partial charge on any atom is 0.0795 e. The molecule has 24 rings (SSSR count). The molecule has 0 aliphatic heterocycles. The third kappa shape index (κ3) is 12.1. The summed E-state index contributed by atoms with van der Waals surface area (Å²) >= 11 is 0. The van der Waals surface area contributed by atoms with Crippen LogP contribution in [-0.4, -0.2) is 18.3 Å².